The van der Waals surface area contributed by atoms with E-state index in [-0.39, 0.29) is 23.2 Å². The van der Waals surface area contributed by atoms with Gasteiger partial charge in [-0.3, -0.25) is 4.79 Å². The van der Waals surface area contributed by atoms with Crippen LogP contribution in [-0.4, -0.2) is 53.7 Å². The molecule has 1 saturated heterocycles. The van der Waals surface area contributed by atoms with Gasteiger partial charge in [-0.15, -0.1) is 0 Å². The number of carbonyl (C=O) groups excluding carboxylic acids is 2. The molecule has 2 rings (SSSR count). The number of nitrogens with zero attached hydrogens (tertiary/aromatic N) is 1. The first-order valence-corrected chi connectivity index (χ1v) is 8.28. The van der Waals surface area contributed by atoms with Crippen molar-refractivity contribution in [3.8, 4) is 0 Å². The summed E-state index contributed by atoms with van der Waals surface area (Å²) in [5, 5.41) is 12.3. The third-order valence-electron chi connectivity index (χ3n) is 5.40. The van der Waals surface area contributed by atoms with E-state index in [1.54, 1.807) is 0 Å². The summed E-state index contributed by atoms with van der Waals surface area (Å²) < 4.78 is 4.61. The first-order chi connectivity index (χ1) is 10.9. The third-order valence-corrected chi connectivity index (χ3v) is 5.40. The first-order valence-electron chi connectivity index (χ1n) is 8.28. The van der Waals surface area contributed by atoms with Crippen LogP contribution >= 0.6 is 0 Å². The molecule has 1 aliphatic heterocycles. The minimum absolute atomic E-state index is 0.0438. The van der Waals surface area contributed by atoms with Gasteiger partial charge in [0.2, 0.25) is 5.91 Å². The van der Waals surface area contributed by atoms with Crippen molar-refractivity contribution in [2.75, 3.05) is 13.7 Å². The van der Waals surface area contributed by atoms with Gasteiger partial charge in [-0.2, -0.15) is 0 Å². The number of amides is 2. The van der Waals surface area contributed by atoms with Crippen LogP contribution in [0.2, 0.25) is 0 Å². The van der Waals surface area contributed by atoms with Gasteiger partial charge in [0.1, 0.15) is 12.1 Å². The summed E-state index contributed by atoms with van der Waals surface area (Å²) in [7, 11) is 1.23. The van der Waals surface area contributed by atoms with Crippen LogP contribution in [0.3, 0.4) is 0 Å². The summed E-state index contributed by atoms with van der Waals surface area (Å²) in [5.41, 5.74) is -0.652. The van der Waals surface area contributed by atoms with Crippen LogP contribution < -0.4 is 5.32 Å². The molecule has 0 aromatic carbocycles. The molecular weight excluding hydrogens is 312 g/mol. The molecule has 1 saturated carbocycles. The Bertz CT molecular complexity index is 552. The van der Waals surface area contributed by atoms with Gasteiger partial charge in [-0.25, -0.2) is 9.59 Å². The van der Waals surface area contributed by atoms with Crippen LogP contribution in [0, 0.1) is 22.7 Å². The van der Waals surface area contributed by atoms with Gasteiger partial charge in [-0.05, 0) is 29.1 Å². The Morgan fingerprint density at radius 2 is 1.88 bits per heavy atom. The van der Waals surface area contributed by atoms with Gasteiger partial charge in [-0.1, -0.05) is 34.6 Å². The minimum Gasteiger partial charge on any atom is -0.480 e. The Morgan fingerprint density at radius 1 is 1.29 bits per heavy atom. The number of alkyl carbamates (subject to hydrolysis) is 1. The molecule has 0 bridgehead atoms. The zero-order valence-corrected chi connectivity index (χ0v) is 15.3. The number of nitrogens with one attached hydrogen (secondary N) is 1. The second kappa shape index (κ2) is 5.93. The molecule has 2 amide bonds. The number of likely N-dealkylation sites (tertiary alicyclic amines) is 1. The normalized spacial score (nSPS) is 29.2. The summed E-state index contributed by atoms with van der Waals surface area (Å²) in [6, 6.07) is -1.68. The molecule has 1 aliphatic carbocycles. The van der Waals surface area contributed by atoms with E-state index >= 15 is 0 Å². The predicted molar refractivity (Wildman–Crippen MR) is 87.3 cm³/mol. The number of fused-ring (bicyclic) bond motifs is 1. The Hall–Kier alpha value is -1.79. The molecule has 1 heterocycles. The van der Waals surface area contributed by atoms with Gasteiger partial charge in [0.15, 0.2) is 0 Å². The Morgan fingerprint density at radius 3 is 2.29 bits per heavy atom. The quantitative estimate of drug-likeness (QED) is 0.815. The maximum Gasteiger partial charge on any atom is 0.407 e. The fraction of sp³-hybridized carbons (Fsp3) is 0.824. The number of carboxylic acids is 1. The lowest BCUT2D eigenvalue weighted by Gasteiger charge is -2.48. The molecule has 7 nitrogen and oxygen atoms in total. The standard InChI is InChI=1S/C17H28N2O5/c1-16(2,3)12(18-15(23)24-6)13(20)19-8-9-7-17(4,5)10(9)11(19)14(21)22/h9-12H,7-8H2,1-6H3,(H,18,23)(H,21,22)/t9-,10-,11-,12?/m0/s1. The van der Waals surface area contributed by atoms with Crippen LogP contribution in [0.1, 0.15) is 41.0 Å². The van der Waals surface area contributed by atoms with E-state index in [1.807, 2.05) is 34.6 Å². The highest BCUT2D eigenvalue weighted by atomic mass is 16.5. The zero-order chi connectivity index (χ0) is 18.4. The van der Waals surface area contributed by atoms with Crippen LogP contribution in [0.5, 0.6) is 0 Å². The minimum atomic E-state index is -0.977. The molecule has 0 radical (unpaired) electrons. The maximum atomic E-state index is 13.1. The number of hydrogen-bond acceptors (Lipinski definition) is 4. The van der Waals surface area contributed by atoms with Crippen molar-refractivity contribution in [3.05, 3.63) is 0 Å². The summed E-state index contributed by atoms with van der Waals surface area (Å²) in [6.07, 6.45) is 0.216. The highest BCUT2D eigenvalue weighted by Gasteiger charge is 2.61. The highest BCUT2D eigenvalue weighted by molar-refractivity contribution is 5.90. The molecule has 2 aliphatic rings. The molecule has 1 unspecified atom stereocenters. The maximum absolute atomic E-state index is 13.1. The zero-order valence-electron chi connectivity index (χ0n) is 15.3. The summed E-state index contributed by atoms with van der Waals surface area (Å²) in [4.78, 5) is 38.0. The van der Waals surface area contributed by atoms with Crippen molar-refractivity contribution in [3.63, 3.8) is 0 Å². The Balaban J connectivity index is 2.28. The van der Waals surface area contributed by atoms with Crippen LogP contribution in [0.4, 0.5) is 4.79 Å². The predicted octanol–water partition coefficient (Wildman–Crippen LogP) is 1.71. The molecule has 2 fully saturated rings. The van der Waals surface area contributed by atoms with Crippen molar-refractivity contribution in [2.45, 2.75) is 53.1 Å². The number of rotatable bonds is 3. The van der Waals surface area contributed by atoms with E-state index in [9.17, 15) is 19.5 Å². The van der Waals surface area contributed by atoms with Gasteiger partial charge >= 0.3 is 12.1 Å². The van der Waals surface area contributed by atoms with Crippen molar-refractivity contribution < 1.29 is 24.2 Å². The largest absolute Gasteiger partial charge is 0.480 e. The number of carboxylic acid groups (broad SMARTS) is 1. The number of aliphatic carboxylic acids is 1. The van der Waals surface area contributed by atoms with Crippen molar-refractivity contribution in [1.29, 1.82) is 0 Å². The van der Waals surface area contributed by atoms with Crippen molar-refractivity contribution in [2.24, 2.45) is 22.7 Å². The number of carbonyl (C=O) groups is 3. The van der Waals surface area contributed by atoms with E-state index in [0.717, 1.165) is 6.42 Å². The summed E-state index contributed by atoms with van der Waals surface area (Å²) in [5.74, 6) is -1.17. The third kappa shape index (κ3) is 3.08. The average molecular weight is 340 g/mol. The monoisotopic (exact) mass is 340 g/mol. The molecule has 7 heteroatoms. The molecule has 24 heavy (non-hydrogen) atoms. The van der Waals surface area contributed by atoms with E-state index in [1.165, 1.54) is 12.0 Å². The van der Waals surface area contributed by atoms with Gasteiger partial charge in [0.25, 0.3) is 0 Å². The smallest absolute Gasteiger partial charge is 0.407 e. The van der Waals surface area contributed by atoms with Crippen LogP contribution in [0.25, 0.3) is 0 Å². The lowest BCUT2D eigenvalue weighted by Crippen LogP contribution is -2.58. The fourth-order valence-corrected chi connectivity index (χ4v) is 4.34. The summed E-state index contributed by atoms with van der Waals surface area (Å²) >= 11 is 0. The SMILES string of the molecule is COC(=O)NC(C(=O)N1C[C@@H]2CC(C)(C)[C@@H]2[C@H]1C(=O)O)C(C)(C)C. The topological polar surface area (TPSA) is 95.9 Å². The van der Waals surface area contributed by atoms with Gasteiger partial charge in [0.05, 0.1) is 7.11 Å². The van der Waals surface area contributed by atoms with Crippen LogP contribution in [-0.2, 0) is 14.3 Å². The first kappa shape index (κ1) is 18.5. The lowest BCUT2D eigenvalue weighted by molar-refractivity contribution is -0.154. The lowest BCUT2D eigenvalue weighted by atomic mass is 9.55. The molecule has 2 N–H and O–H groups in total. The van der Waals surface area contributed by atoms with E-state index in [2.05, 4.69) is 10.1 Å². The van der Waals surface area contributed by atoms with Gasteiger partial charge in [0, 0.05) is 6.54 Å². The number of hydrogen-bond donors (Lipinski definition) is 2. The fourth-order valence-electron chi connectivity index (χ4n) is 4.34. The molecule has 136 valence electrons. The molecular formula is C17H28N2O5. The number of methoxy groups -OCH3 is 1. The van der Waals surface area contributed by atoms with Crippen molar-refractivity contribution >= 4 is 18.0 Å². The molecule has 0 aromatic heterocycles. The van der Waals surface area contributed by atoms with E-state index in [4.69, 9.17) is 0 Å². The highest BCUT2D eigenvalue weighted by Crippen LogP contribution is 2.57. The Kier molecular flexibility index (Phi) is 4.59. The molecule has 0 spiro atoms. The van der Waals surface area contributed by atoms with Gasteiger partial charge < -0.3 is 20.1 Å². The van der Waals surface area contributed by atoms with Crippen molar-refractivity contribution in [1.82, 2.24) is 10.2 Å². The molecule has 4 atom stereocenters. The summed E-state index contributed by atoms with van der Waals surface area (Å²) in [6.45, 7) is 10.0. The van der Waals surface area contributed by atoms with E-state index < -0.39 is 29.6 Å². The number of ether oxygens (including phenoxy) is 1. The molecule has 0 aromatic rings. The van der Waals surface area contributed by atoms with Crippen LogP contribution in [0.15, 0.2) is 0 Å². The second-order valence-electron chi connectivity index (χ2n) is 8.69. The van der Waals surface area contributed by atoms with E-state index in [0.29, 0.717) is 6.54 Å². The second-order valence-corrected chi connectivity index (χ2v) is 8.69. The Labute approximate surface area is 142 Å². The average Bonchev–Trinajstić information content (AvgIpc) is 2.77.